The van der Waals surface area contributed by atoms with Crippen LogP contribution >= 0.6 is 58.2 Å². The Balaban J connectivity index is 0.000000231. The lowest BCUT2D eigenvalue weighted by Gasteiger charge is -2.00. The van der Waals surface area contributed by atoms with Gasteiger partial charge in [0.25, 0.3) is 11.1 Å². The van der Waals surface area contributed by atoms with Gasteiger partial charge in [-0.1, -0.05) is 35.0 Å². The van der Waals surface area contributed by atoms with E-state index in [0.717, 1.165) is 0 Å². The number of hydrogen-bond acceptors (Lipinski definition) is 5. The van der Waals surface area contributed by atoms with Crippen molar-refractivity contribution in [3.63, 3.8) is 0 Å². The molecule has 0 fully saturated rings. The highest BCUT2D eigenvalue weighted by atomic mass is 35.5. The number of nitrogens with one attached hydrogen (secondary N) is 3. The molecule has 0 bridgehead atoms. The molecular weight excluding hydrogens is 410 g/mol. The number of aromatic amines is 3. The van der Waals surface area contributed by atoms with Crippen LogP contribution in [0.25, 0.3) is 0 Å². The Morgan fingerprint density at radius 2 is 1.57 bits per heavy atom. The zero-order valence-corrected chi connectivity index (χ0v) is 15.3. The molecule has 2 aromatic heterocycles. The number of H-pyrrole nitrogens is 3. The number of halogens is 4. The van der Waals surface area contributed by atoms with E-state index >= 15 is 0 Å². The van der Waals surface area contributed by atoms with Crippen molar-refractivity contribution in [2.45, 2.75) is 16.9 Å². The minimum atomic E-state index is -0.619. The van der Waals surface area contributed by atoms with Crippen LogP contribution in [0, 0.1) is 0 Å². The second-order valence-electron chi connectivity index (χ2n) is 3.80. The van der Waals surface area contributed by atoms with E-state index in [1.807, 2.05) is 11.2 Å². The summed E-state index contributed by atoms with van der Waals surface area (Å²) in [4.78, 5) is 43.2. The maximum absolute atomic E-state index is 11.1. The van der Waals surface area contributed by atoms with Crippen LogP contribution in [0.2, 0.25) is 10.0 Å². The van der Waals surface area contributed by atoms with Gasteiger partial charge in [-0.2, -0.15) is 0 Å². The van der Waals surface area contributed by atoms with Gasteiger partial charge in [-0.15, -0.1) is 23.2 Å². The molecule has 23 heavy (non-hydrogen) atoms. The fourth-order valence-electron chi connectivity index (χ4n) is 1.28. The molecule has 0 aliphatic rings. The smallest absolute Gasteiger partial charge is 0.308 e. The third kappa shape index (κ3) is 5.58. The van der Waals surface area contributed by atoms with Crippen LogP contribution in [-0.4, -0.2) is 26.2 Å². The quantitative estimate of drug-likeness (QED) is 0.401. The Kier molecular flexibility index (Phi) is 8.21. The number of hydrogen-bond donors (Lipinski definition) is 3. The number of thioether (sulfide) groups is 1. The highest BCUT2D eigenvalue weighted by molar-refractivity contribution is 7.98. The number of alkyl halides is 2. The van der Waals surface area contributed by atoms with Crippen molar-refractivity contribution in [2.24, 2.45) is 0 Å². The van der Waals surface area contributed by atoms with Crippen LogP contribution in [-0.2, 0) is 11.8 Å². The molecule has 2 aromatic rings. The van der Waals surface area contributed by atoms with E-state index in [-0.39, 0.29) is 33.1 Å². The van der Waals surface area contributed by atoms with E-state index in [1.165, 1.54) is 11.8 Å². The van der Waals surface area contributed by atoms with E-state index in [2.05, 4.69) is 15.0 Å². The van der Waals surface area contributed by atoms with Crippen LogP contribution < -0.4 is 16.8 Å². The van der Waals surface area contributed by atoms with Gasteiger partial charge in [-0.3, -0.25) is 14.6 Å². The molecule has 12 heteroatoms. The van der Waals surface area contributed by atoms with E-state index in [1.54, 1.807) is 0 Å². The highest BCUT2D eigenvalue weighted by Crippen LogP contribution is 2.14. The fraction of sp³-hybridized carbons (Fsp3) is 0.273. The van der Waals surface area contributed by atoms with Crippen LogP contribution in [0.4, 0.5) is 0 Å². The predicted octanol–water partition coefficient (Wildman–Crippen LogP) is 2.34. The summed E-state index contributed by atoms with van der Waals surface area (Å²) in [5, 5.41) is 0.530. The molecule has 0 amide bonds. The number of aromatic nitrogens is 4. The van der Waals surface area contributed by atoms with E-state index in [0.29, 0.717) is 10.9 Å². The van der Waals surface area contributed by atoms with E-state index < -0.39 is 11.2 Å². The molecule has 3 N–H and O–H groups in total. The monoisotopic (exact) mass is 418 g/mol. The highest BCUT2D eigenvalue weighted by Gasteiger charge is 2.07. The van der Waals surface area contributed by atoms with Crippen molar-refractivity contribution in [2.75, 3.05) is 6.26 Å². The van der Waals surface area contributed by atoms with Gasteiger partial charge in [-0.25, -0.2) is 9.78 Å². The third-order valence-electron chi connectivity index (χ3n) is 2.32. The van der Waals surface area contributed by atoms with Gasteiger partial charge in [0.15, 0.2) is 5.16 Å². The van der Waals surface area contributed by atoms with Gasteiger partial charge < -0.3 is 9.97 Å². The summed E-state index contributed by atoms with van der Waals surface area (Å²) in [5.74, 6) is 0.161. The SMILES string of the molecule is CSc1nc(CCl)c(Cl)c(=O)[nH]1.O=c1[nH]c(CCl)c(Cl)c(=O)[nH]1. The average molecular weight is 420 g/mol. The first-order valence-electron chi connectivity index (χ1n) is 5.79. The first-order chi connectivity index (χ1) is 10.8. The van der Waals surface area contributed by atoms with Crippen molar-refractivity contribution >= 4 is 58.2 Å². The van der Waals surface area contributed by atoms with Crippen LogP contribution in [0.15, 0.2) is 19.5 Å². The lowest BCUT2D eigenvalue weighted by molar-refractivity contribution is 0.901. The molecule has 0 saturated heterocycles. The normalized spacial score (nSPS) is 10.1. The topological polar surface area (TPSA) is 111 Å². The Morgan fingerprint density at radius 1 is 0.957 bits per heavy atom. The van der Waals surface area contributed by atoms with Crippen LogP contribution in [0.5, 0.6) is 0 Å². The van der Waals surface area contributed by atoms with Gasteiger partial charge in [0.2, 0.25) is 0 Å². The van der Waals surface area contributed by atoms with Crippen LogP contribution in [0.3, 0.4) is 0 Å². The van der Waals surface area contributed by atoms with Crippen molar-refractivity contribution in [3.8, 4) is 0 Å². The molecule has 0 atom stereocenters. The van der Waals surface area contributed by atoms with Crippen LogP contribution in [0.1, 0.15) is 11.4 Å². The average Bonchev–Trinajstić information content (AvgIpc) is 2.53. The summed E-state index contributed by atoms with van der Waals surface area (Å²) in [5.41, 5.74) is -0.902. The second-order valence-corrected chi connectivity index (χ2v) is 5.89. The molecule has 0 aliphatic heterocycles. The van der Waals surface area contributed by atoms with Gasteiger partial charge in [-0.05, 0) is 6.26 Å². The Hall–Kier alpha value is -0.930. The van der Waals surface area contributed by atoms with Gasteiger partial charge in [0, 0.05) is 0 Å². The summed E-state index contributed by atoms with van der Waals surface area (Å²) >= 11 is 23.3. The molecular formula is C11H10Cl4N4O3S. The standard InChI is InChI=1S/C6H6Cl2N2OS.C5H4Cl2N2O2/c1-12-6-9-3(2-7)4(8)5(11)10-6;6-1-2-3(7)4(10)9-5(11)8-2/h2H2,1H3,(H,9,10,11);1H2,(H2,8,9,10,11). The van der Waals surface area contributed by atoms with E-state index in [9.17, 15) is 14.4 Å². The lowest BCUT2D eigenvalue weighted by atomic mass is 10.4. The summed E-state index contributed by atoms with van der Waals surface area (Å²) in [6.07, 6.45) is 1.81. The first-order valence-corrected chi connectivity index (χ1v) is 8.84. The molecule has 0 aromatic carbocycles. The summed E-state index contributed by atoms with van der Waals surface area (Å²) in [6.45, 7) is 0. The molecule has 0 saturated carbocycles. The Labute approximate surface area is 153 Å². The molecule has 0 unspecified atom stereocenters. The number of rotatable bonds is 3. The molecule has 7 nitrogen and oxygen atoms in total. The fourth-order valence-corrected chi connectivity index (χ4v) is 2.52. The zero-order chi connectivity index (χ0) is 17.6. The predicted molar refractivity (Wildman–Crippen MR) is 93.5 cm³/mol. The van der Waals surface area contributed by atoms with Gasteiger partial charge in [0.1, 0.15) is 10.0 Å². The van der Waals surface area contributed by atoms with E-state index in [4.69, 9.17) is 46.4 Å². The minimum absolute atomic E-state index is 0.0119. The van der Waals surface area contributed by atoms with Gasteiger partial charge in [0.05, 0.1) is 23.1 Å². The maximum atomic E-state index is 11.1. The zero-order valence-electron chi connectivity index (χ0n) is 11.5. The van der Waals surface area contributed by atoms with Crippen molar-refractivity contribution in [1.82, 2.24) is 19.9 Å². The van der Waals surface area contributed by atoms with Gasteiger partial charge >= 0.3 is 5.69 Å². The lowest BCUT2D eigenvalue weighted by Crippen LogP contribution is -2.24. The van der Waals surface area contributed by atoms with Crippen molar-refractivity contribution < 1.29 is 0 Å². The maximum Gasteiger partial charge on any atom is 0.326 e. The number of nitrogens with zero attached hydrogens (tertiary/aromatic N) is 1. The van der Waals surface area contributed by atoms with Crippen molar-refractivity contribution in [1.29, 1.82) is 0 Å². The molecule has 126 valence electrons. The summed E-state index contributed by atoms with van der Waals surface area (Å²) in [7, 11) is 0. The van der Waals surface area contributed by atoms with Crippen molar-refractivity contribution in [3.05, 3.63) is 52.6 Å². The molecule has 2 rings (SSSR count). The summed E-state index contributed by atoms with van der Waals surface area (Å²) < 4.78 is 0. The minimum Gasteiger partial charge on any atom is -0.308 e. The summed E-state index contributed by atoms with van der Waals surface area (Å²) in [6, 6.07) is 0. The largest absolute Gasteiger partial charge is 0.326 e. The Morgan fingerprint density at radius 3 is 2.09 bits per heavy atom. The molecule has 0 spiro atoms. The molecule has 0 aliphatic carbocycles. The third-order valence-corrected chi connectivity index (χ3v) is 4.21. The molecule has 0 radical (unpaired) electrons. The Bertz CT molecular complexity index is 848. The second kappa shape index (κ2) is 9.39. The molecule has 2 heterocycles. The first kappa shape index (κ1) is 20.1.